The molecule has 2 heteroatoms. The van der Waals surface area contributed by atoms with Crippen LogP contribution in [-0.4, -0.2) is 24.0 Å². The van der Waals surface area contributed by atoms with Crippen molar-refractivity contribution in [1.82, 2.24) is 4.90 Å². The highest BCUT2D eigenvalue weighted by atomic mass is 35.5. The molecule has 1 heterocycles. The summed E-state index contributed by atoms with van der Waals surface area (Å²) >= 11 is 6.25. The van der Waals surface area contributed by atoms with Gasteiger partial charge in [-0.05, 0) is 91.8 Å². The molecule has 3 fully saturated rings. The SMILES string of the molecule is Clc1cccc(-c2ccccc2C2CCN([C@H]3C[C@H]4CCC3C4)CC2)c1. The summed E-state index contributed by atoms with van der Waals surface area (Å²) in [5.41, 5.74) is 4.14. The third-order valence-electron chi connectivity index (χ3n) is 7.24. The van der Waals surface area contributed by atoms with E-state index in [0.717, 1.165) is 22.9 Å². The van der Waals surface area contributed by atoms with E-state index < -0.39 is 0 Å². The molecule has 0 radical (unpaired) electrons. The lowest BCUT2D eigenvalue weighted by atomic mass is 9.83. The zero-order valence-electron chi connectivity index (χ0n) is 15.4. The molecule has 0 spiro atoms. The molecule has 2 bridgehead atoms. The smallest absolute Gasteiger partial charge is 0.0412 e. The Labute approximate surface area is 162 Å². The summed E-state index contributed by atoms with van der Waals surface area (Å²) in [6.07, 6.45) is 8.59. The molecular formula is C24H28ClN. The standard InChI is InChI=1S/C24H28ClN/c25-21-5-3-4-19(16-21)23-7-2-1-6-22(23)18-10-12-26(13-11-18)24-15-17-8-9-20(24)14-17/h1-7,16-18,20,24H,8-15H2/t17-,20?,24-/m0/s1. The number of hydrogen-bond donors (Lipinski definition) is 0. The summed E-state index contributed by atoms with van der Waals surface area (Å²) in [4.78, 5) is 2.84. The van der Waals surface area contributed by atoms with E-state index in [0.29, 0.717) is 5.92 Å². The molecular weight excluding hydrogens is 338 g/mol. The minimum absolute atomic E-state index is 0.681. The second-order valence-electron chi connectivity index (χ2n) is 8.65. The van der Waals surface area contributed by atoms with Crippen LogP contribution < -0.4 is 0 Å². The van der Waals surface area contributed by atoms with Gasteiger partial charge < -0.3 is 4.90 Å². The highest BCUT2D eigenvalue weighted by Crippen LogP contribution is 2.48. The van der Waals surface area contributed by atoms with E-state index in [9.17, 15) is 0 Å². The van der Waals surface area contributed by atoms with Crippen LogP contribution in [0.1, 0.15) is 50.0 Å². The predicted molar refractivity (Wildman–Crippen MR) is 110 cm³/mol. The van der Waals surface area contributed by atoms with Crippen LogP contribution in [-0.2, 0) is 0 Å². The maximum absolute atomic E-state index is 6.25. The van der Waals surface area contributed by atoms with Gasteiger partial charge in [0.25, 0.3) is 0 Å². The van der Waals surface area contributed by atoms with Gasteiger partial charge in [0.15, 0.2) is 0 Å². The average molecular weight is 366 g/mol. The van der Waals surface area contributed by atoms with Gasteiger partial charge in [0, 0.05) is 11.1 Å². The zero-order chi connectivity index (χ0) is 17.5. The highest BCUT2D eigenvalue weighted by molar-refractivity contribution is 6.30. The molecule has 136 valence electrons. The van der Waals surface area contributed by atoms with Crippen molar-refractivity contribution in [2.45, 2.75) is 50.5 Å². The lowest BCUT2D eigenvalue weighted by molar-refractivity contribution is 0.111. The number of nitrogens with zero attached hydrogens (tertiary/aromatic N) is 1. The van der Waals surface area contributed by atoms with Gasteiger partial charge in [0.05, 0.1) is 0 Å². The van der Waals surface area contributed by atoms with Gasteiger partial charge in [-0.15, -0.1) is 0 Å². The van der Waals surface area contributed by atoms with E-state index in [1.54, 1.807) is 0 Å². The molecule has 26 heavy (non-hydrogen) atoms. The van der Waals surface area contributed by atoms with Crippen LogP contribution in [0.5, 0.6) is 0 Å². The molecule has 1 nitrogen and oxygen atoms in total. The Morgan fingerprint density at radius 1 is 0.846 bits per heavy atom. The number of piperidine rings is 1. The molecule has 0 N–H and O–H groups in total. The lowest BCUT2D eigenvalue weighted by Gasteiger charge is -2.40. The van der Waals surface area contributed by atoms with E-state index in [1.807, 2.05) is 6.07 Å². The topological polar surface area (TPSA) is 3.24 Å². The maximum Gasteiger partial charge on any atom is 0.0412 e. The van der Waals surface area contributed by atoms with Gasteiger partial charge >= 0.3 is 0 Å². The summed E-state index contributed by atoms with van der Waals surface area (Å²) in [7, 11) is 0. The number of fused-ring (bicyclic) bond motifs is 2. The van der Waals surface area contributed by atoms with Crippen molar-refractivity contribution in [3.05, 3.63) is 59.1 Å². The minimum atomic E-state index is 0.681. The Kier molecular flexibility index (Phi) is 4.54. The summed E-state index contributed by atoms with van der Waals surface area (Å²) in [6.45, 7) is 2.56. The van der Waals surface area contributed by atoms with Crippen molar-refractivity contribution in [3.63, 3.8) is 0 Å². The molecule has 2 aromatic carbocycles. The van der Waals surface area contributed by atoms with Crippen LogP contribution in [0.3, 0.4) is 0 Å². The summed E-state index contributed by atoms with van der Waals surface area (Å²) in [5.74, 6) is 2.74. The van der Waals surface area contributed by atoms with E-state index in [2.05, 4.69) is 47.4 Å². The number of rotatable bonds is 3. The molecule has 0 amide bonds. The van der Waals surface area contributed by atoms with Crippen LogP contribution in [0.25, 0.3) is 11.1 Å². The molecule has 2 aliphatic carbocycles. The van der Waals surface area contributed by atoms with E-state index in [-0.39, 0.29) is 0 Å². The van der Waals surface area contributed by atoms with Crippen molar-refractivity contribution < 1.29 is 0 Å². The fraction of sp³-hybridized carbons (Fsp3) is 0.500. The highest BCUT2D eigenvalue weighted by Gasteiger charge is 2.42. The molecule has 2 saturated carbocycles. The van der Waals surface area contributed by atoms with E-state index in [1.165, 1.54) is 68.3 Å². The van der Waals surface area contributed by atoms with Crippen molar-refractivity contribution in [3.8, 4) is 11.1 Å². The Hall–Kier alpha value is -1.31. The van der Waals surface area contributed by atoms with Crippen LogP contribution >= 0.6 is 11.6 Å². The summed E-state index contributed by atoms with van der Waals surface area (Å²) in [6, 6.07) is 18.2. The molecule has 0 aromatic heterocycles. The Morgan fingerprint density at radius 2 is 1.69 bits per heavy atom. The van der Waals surface area contributed by atoms with Gasteiger partial charge in [-0.1, -0.05) is 54.4 Å². The first-order valence-corrected chi connectivity index (χ1v) is 10.7. The fourth-order valence-electron chi connectivity index (χ4n) is 5.97. The van der Waals surface area contributed by atoms with Crippen molar-refractivity contribution in [1.29, 1.82) is 0 Å². The Morgan fingerprint density at radius 3 is 2.42 bits per heavy atom. The van der Waals surface area contributed by atoms with Gasteiger partial charge in [0.2, 0.25) is 0 Å². The van der Waals surface area contributed by atoms with Crippen LogP contribution in [0.4, 0.5) is 0 Å². The molecule has 3 atom stereocenters. The molecule has 2 aromatic rings. The van der Waals surface area contributed by atoms with Crippen LogP contribution in [0, 0.1) is 11.8 Å². The van der Waals surface area contributed by atoms with E-state index in [4.69, 9.17) is 11.6 Å². The Balaban J connectivity index is 1.33. The normalized spacial score (nSPS) is 29.3. The molecule has 3 aliphatic rings. The Bertz CT molecular complexity index is 777. The van der Waals surface area contributed by atoms with Crippen LogP contribution in [0.2, 0.25) is 5.02 Å². The first-order valence-electron chi connectivity index (χ1n) is 10.4. The predicted octanol–water partition coefficient (Wildman–Crippen LogP) is 6.38. The zero-order valence-corrected chi connectivity index (χ0v) is 16.2. The third-order valence-corrected chi connectivity index (χ3v) is 7.47. The number of benzene rings is 2. The quantitative estimate of drug-likeness (QED) is 0.610. The second-order valence-corrected chi connectivity index (χ2v) is 9.09. The van der Waals surface area contributed by atoms with Gasteiger partial charge in [-0.2, -0.15) is 0 Å². The van der Waals surface area contributed by atoms with Crippen molar-refractivity contribution in [2.75, 3.05) is 13.1 Å². The fourth-order valence-corrected chi connectivity index (χ4v) is 6.16. The molecule has 1 saturated heterocycles. The third kappa shape index (κ3) is 3.10. The maximum atomic E-state index is 6.25. The van der Waals surface area contributed by atoms with Crippen molar-refractivity contribution in [2.24, 2.45) is 11.8 Å². The first-order chi connectivity index (χ1) is 12.8. The molecule has 1 unspecified atom stereocenters. The monoisotopic (exact) mass is 365 g/mol. The molecule has 5 rings (SSSR count). The number of likely N-dealkylation sites (tertiary alicyclic amines) is 1. The van der Waals surface area contributed by atoms with Gasteiger partial charge in [0.1, 0.15) is 0 Å². The van der Waals surface area contributed by atoms with Gasteiger partial charge in [-0.25, -0.2) is 0 Å². The summed E-state index contributed by atoms with van der Waals surface area (Å²) < 4.78 is 0. The number of hydrogen-bond acceptors (Lipinski definition) is 1. The second kappa shape index (κ2) is 7.02. The first kappa shape index (κ1) is 16.8. The largest absolute Gasteiger partial charge is 0.300 e. The minimum Gasteiger partial charge on any atom is -0.300 e. The molecule has 1 aliphatic heterocycles. The van der Waals surface area contributed by atoms with Gasteiger partial charge in [-0.3, -0.25) is 0 Å². The lowest BCUT2D eigenvalue weighted by Crippen LogP contribution is -2.43. The average Bonchev–Trinajstić information content (AvgIpc) is 3.32. The van der Waals surface area contributed by atoms with Crippen molar-refractivity contribution >= 4 is 11.6 Å². The van der Waals surface area contributed by atoms with Crippen LogP contribution in [0.15, 0.2) is 48.5 Å². The van der Waals surface area contributed by atoms with E-state index >= 15 is 0 Å². The number of halogens is 1. The summed E-state index contributed by atoms with van der Waals surface area (Å²) in [5, 5.41) is 0.823.